The molecule has 0 saturated carbocycles. The number of aromatic nitrogens is 2. The van der Waals surface area contributed by atoms with Gasteiger partial charge in [0.1, 0.15) is 11.5 Å². The van der Waals surface area contributed by atoms with Crippen LogP contribution in [-0.4, -0.2) is 9.38 Å². The van der Waals surface area contributed by atoms with Gasteiger partial charge in [-0.1, -0.05) is 12.1 Å². The lowest BCUT2D eigenvalue weighted by atomic mass is 10.1. The first-order valence-electron chi connectivity index (χ1n) is 5.01. The van der Waals surface area contributed by atoms with E-state index in [0.717, 1.165) is 16.8 Å². The molecule has 0 amide bonds. The summed E-state index contributed by atoms with van der Waals surface area (Å²) in [4.78, 5) is 4.21. The molecule has 3 rings (SSSR count). The van der Waals surface area contributed by atoms with E-state index in [1.165, 1.54) is 12.1 Å². The van der Waals surface area contributed by atoms with Gasteiger partial charge in [0.05, 0.1) is 0 Å². The zero-order valence-electron chi connectivity index (χ0n) is 8.47. The summed E-state index contributed by atoms with van der Waals surface area (Å²) in [6, 6.07) is 10.4. The molecule has 16 heavy (non-hydrogen) atoms. The van der Waals surface area contributed by atoms with Crippen molar-refractivity contribution >= 4 is 5.65 Å². The summed E-state index contributed by atoms with van der Waals surface area (Å²) in [6.45, 7) is 0. The minimum Gasteiger partial charge on any atom is -0.307 e. The van der Waals surface area contributed by atoms with Crippen molar-refractivity contribution in [3.63, 3.8) is 0 Å². The highest BCUT2D eigenvalue weighted by Crippen LogP contribution is 2.20. The Bertz CT molecular complexity index is 626. The van der Waals surface area contributed by atoms with Gasteiger partial charge in [-0.05, 0) is 35.4 Å². The van der Waals surface area contributed by atoms with E-state index in [2.05, 4.69) is 4.98 Å². The van der Waals surface area contributed by atoms with Crippen LogP contribution in [0.5, 0.6) is 0 Å². The van der Waals surface area contributed by atoms with Crippen molar-refractivity contribution in [2.24, 2.45) is 0 Å². The number of hydrogen-bond acceptors (Lipinski definition) is 1. The molecule has 3 heteroatoms. The molecule has 0 fully saturated rings. The standard InChI is InChI=1S/C13H9FN2/c14-12-3-1-10(2-4-12)11-5-7-16-8-6-15-13(16)9-11/h1-9H. The van der Waals surface area contributed by atoms with E-state index in [-0.39, 0.29) is 5.82 Å². The summed E-state index contributed by atoms with van der Waals surface area (Å²) in [5.41, 5.74) is 2.92. The first-order chi connectivity index (χ1) is 7.83. The van der Waals surface area contributed by atoms with Crippen LogP contribution in [0.4, 0.5) is 4.39 Å². The lowest BCUT2D eigenvalue weighted by Crippen LogP contribution is -1.84. The van der Waals surface area contributed by atoms with E-state index in [9.17, 15) is 4.39 Å². The molecule has 2 heterocycles. The molecule has 0 spiro atoms. The van der Waals surface area contributed by atoms with Crippen molar-refractivity contribution in [1.82, 2.24) is 9.38 Å². The average Bonchev–Trinajstić information content (AvgIpc) is 2.77. The zero-order valence-corrected chi connectivity index (χ0v) is 8.47. The predicted molar refractivity (Wildman–Crippen MR) is 60.6 cm³/mol. The van der Waals surface area contributed by atoms with Crippen molar-refractivity contribution in [3.8, 4) is 11.1 Å². The van der Waals surface area contributed by atoms with Crippen LogP contribution in [0.2, 0.25) is 0 Å². The molecule has 3 aromatic rings. The third-order valence-corrected chi connectivity index (χ3v) is 2.58. The molecule has 0 aliphatic heterocycles. The Morgan fingerprint density at radius 2 is 1.75 bits per heavy atom. The van der Waals surface area contributed by atoms with Crippen molar-refractivity contribution < 1.29 is 4.39 Å². The van der Waals surface area contributed by atoms with Gasteiger partial charge in [-0.15, -0.1) is 0 Å². The SMILES string of the molecule is Fc1ccc(-c2ccn3ccnc3c2)cc1. The van der Waals surface area contributed by atoms with Crippen molar-refractivity contribution in [3.05, 3.63) is 60.8 Å². The van der Waals surface area contributed by atoms with E-state index in [1.807, 2.05) is 28.9 Å². The molecular weight excluding hydrogens is 203 g/mol. The van der Waals surface area contributed by atoms with Gasteiger partial charge in [0.15, 0.2) is 0 Å². The number of fused-ring (bicyclic) bond motifs is 1. The van der Waals surface area contributed by atoms with Gasteiger partial charge in [-0.3, -0.25) is 0 Å². The van der Waals surface area contributed by atoms with Gasteiger partial charge in [0, 0.05) is 18.6 Å². The van der Waals surface area contributed by atoms with Crippen molar-refractivity contribution in [2.75, 3.05) is 0 Å². The van der Waals surface area contributed by atoms with E-state index in [1.54, 1.807) is 18.3 Å². The minimum absolute atomic E-state index is 0.217. The smallest absolute Gasteiger partial charge is 0.137 e. The Morgan fingerprint density at radius 3 is 2.56 bits per heavy atom. The van der Waals surface area contributed by atoms with Gasteiger partial charge in [-0.25, -0.2) is 9.37 Å². The third-order valence-electron chi connectivity index (χ3n) is 2.58. The van der Waals surface area contributed by atoms with E-state index < -0.39 is 0 Å². The molecule has 2 aromatic heterocycles. The van der Waals surface area contributed by atoms with Gasteiger partial charge in [0.25, 0.3) is 0 Å². The lowest BCUT2D eigenvalue weighted by Gasteiger charge is -2.02. The fourth-order valence-electron chi connectivity index (χ4n) is 1.73. The largest absolute Gasteiger partial charge is 0.307 e. The fourth-order valence-corrected chi connectivity index (χ4v) is 1.73. The van der Waals surface area contributed by atoms with Crippen molar-refractivity contribution in [1.29, 1.82) is 0 Å². The number of imidazole rings is 1. The fraction of sp³-hybridized carbons (Fsp3) is 0. The maximum atomic E-state index is 12.8. The molecule has 0 unspecified atom stereocenters. The van der Waals surface area contributed by atoms with Crippen LogP contribution >= 0.6 is 0 Å². The highest BCUT2D eigenvalue weighted by Gasteiger charge is 2.00. The Hall–Kier alpha value is -2.16. The van der Waals surface area contributed by atoms with E-state index >= 15 is 0 Å². The lowest BCUT2D eigenvalue weighted by molar-refractivity contribution is 0.628. The van der Waals surface area contributed by atoms with Crippen LogP contribution in [-0.2, 0) is 0 Å². The Morgan fingerprint density at radius 1 is 0.938 bits per heavy atom. The number of pyridine rings is 1. The highest BCUT2D eigenvalue weighted by atomic mass is 19.1. The second-order valence-corrected chi connectivity index (χ2v) is 3.62. The summed E-state index contributed by atoms with van der Waals surface area (Å²) in [5.74, 6) is -0.217. The molecule has 1 aromatic carbocycles. The number of benzene rings is 1. The minimum atomic E-state index is -0.217. The first-order valence-corrected chi connectivity index (χ1v) is 5.01. The summed E-state index contributed by atoms with van der Waals surface area (Å²) < 4.78 is 14.7. The number of halogens is 1. The molecule has 0 N–H and O–H groups in total. The Kier molecular flexibility index (Phi) is 1.96. The van der Waals surface area contributed by atoms with E-state index in [0.29, 0.717) is 0 Å². The summed E-state index contributed by atoms with van der Waals surface area (Å²) in [7, 11) is 0. The van der Waals surface area contributed by atoms with Gasteiger partial charge in [-0.2, -0.15) is 0 Å². The first kappa shape index (κ1) is 9.09. The van der Waals surface area contributed by atoms with Crippen LogP contribution in [0.25, 0.3) is 16.8 Å². The molecule has 0 bridgehead atoms. The normalized spacial score (nSPS) is 10.8. The molecule has 0 aliphatic carbocycles. The summed E-state index contributed by atoms with van der Waals surface area (Å²) in [5, 5.41) is 0. The molecule has 78 valence electrons. The Labute approximate surface area is 92.0 Å². The maximum absolute atomic E-state index is 12.8. The third kappa shape index (κ3) is 1.46. The van der Waals surface area contributed by atoms with Crippen LogP contribution in [0.1, 0.15) is 0 Å². The predicted octanol–water partition coefficient (Wildman–Crippen LogP) is 3.14. The second-order valence-electron chi connectivity index (χ2n) is 3.62. The number of rotatable bonds is 1. The maximum Gasteiger partial charge on any atom is 0.137 e. The van der Waals surface area contributed by atoms with Crippen LogP contribution < -0.4 is 0 Å². The number of hydrogen-bond donors (Lipinski definition) is 0. The summed E-state index contributed by atoms with van der Waals surface area (Å²) >= 11 is 0. The van der Waals surface area contributed by atoms with E-state index in [4.69, 9.17) is 0 Å². The molecular formula is C13H9FN2. The quantitative estimate of drug-likeness (QED) is 0.605. The summed E-state index contributed by atoms with van der Waals surface area (Å²) in [6.07, 6.45) is 5.59. The van der Waals surface area contributed by atoms with Gasteiger partial charge in [0.2, 0.25) is 0 Å². The zero-order chi connectivity index (χ0) is 11.0. The molecule has 0 aliphatic rings. The average molecular weight is 212 g/mol. The molecule has 2 nitrogen and oxygen atoms in total. The number of nitrogens with zero attached hydrogens (tertiary/aromatic N) is 2. The molecule has 0 saturated heterocycles. The van der Waals surface area contributed by atoms with Crippen molar-refractivity contribution in [2.45, 2.75) is 0 Å². The highest BCUT2D eigenvalue weighted by molar-refractivity contribution is 5.67. The van der Waals surface area contributed by atoms with Crippen LogP contribution in [0, 0.1) is 5.82 Å². The van der Waals surface area contributed by atoms with Crippen LogP contribution in [0.15, 0.2) is 55.0 Å². The molecule has 0 radical (unpaired) electrons. The monoisotopic (exact) mass is 212 g/mol. The Balaban J connectivity index is 2.14. The van der Waals surface area contributed by atoms with Crippen LogP contribution in [0.3, 0.4) is 0 Å². The topological polar surface area (TPSA) is 17.3 Å². The van der Waals surface area contributed by atoms with Gasteiger partial charge < -0.3 is 4.40 Å². The molecule has 0 atom stereocenters. The van der Waals surface area contributed by atoms with Gasteiger partial charge >= 0.3 is 0 Å². The second kappa shape index (κ2) is 3.45.